The molecule has 0 radical (unpaired) electrons. The molecule has 1 amide bonds. The highest BCUT2D eigenvalue weighted by Crippen LogP contribution is 2.11. The number of nitrogens with one attached hydrogen (secondary N) is 1. The maximum absolute atomic E-state index is 11.9. The standard InChI is InChI=1S/C17H25NO3/c1-2-14-6-8-15(9-7-14)17(19)18-10-4-11-20-13-16-5-3-12-21-16/h6-9,16H,2-5,10-13H2,1H3,(H,18,19). The number of hydrogen-bond acceptors (Lipinski definition) is 3. The fourth-order valence-corrected chi connectivity index (χ4v) is 2.36. The molecule has 1 N–H and O–H groups in total. The first-order valence-electron chi connectivity index (χ1n) is 7.86. The molecular weight excluding hydrogens is 266 g/mol. The number of ether oxygens (including phenoxy) is 2. The van der Waals surface area contributed by atoms with E-state index in [0.717, 1.165) is 32.3 Å². The van der Waals surface area contributed by atoms with Gasteiger partial charge < -0.3 is 14.8 Å². The van der Waals surface area contributed by atoms with Crippen LogP contribution < -0.4 is 5.32 Å². The molecule has 2 rings (SSSR count). The molecular formula is C17H25NO3. The molecule has 1 saturated heterocycles. The van der Waals surface area contributed by atoms with E-state index in [2.05, 4.69) is 12.2 Å². The SMILES string of the molecule is CCc1ccc(C(=O)NCCCOCC2CCCO2)cc1. The largest absolute Gasteiger partial charge is 0.379 e. The van der Waals surface area contributed by atoms with E-state index in [-0.39, 0.29) is 12.0 Å². The van der Waals surface area contributed by atoms with Crippen LogP contribution in [-0.2, 0) is 15.9 Å². The van der Waals surface area contributed by atoms with Crippen LogP contribution in [0, 0.1) is 0 Å². The predicted octanol–water partition coefficient (Wildman–Crippen LogP) is 2.56. The molecule has 0 spiro atoms. The monoisotopic (exact) mass is 291 g/mol. The van der Waals surface area contributed by atoms with Gasteiger partial charge in [-0.25, -0.2) is 0 Å². The molecule has 1 heterocycles. The van der Waals surface area contributed by atoms with Gasteiger partial charge in [0.25, 0.3) is 5.91 Å². The van der Waals surface area contributed by atoms with Crippen molar-refractivity contribution in [3.8, 4) is 0 Å². The van der Waals surface area contributed by atoms with Crippen molar-refractivity contribution in [2.75, 3.05) is 26.4 Å². The Morgan fingerprint density at radius 2 is 2.19 bits per heavy atom. The molecule has 1 fully saturated rings. The lowest BCUT2D eigenvalue weighted by Gasteiger charge is -2.10. The third-order valence-corrected chi connectivity index (χ3v) is 3.70. The quantitative estimate of drug-likeness (QED) is 0.749. The summed E-state index contributed by atoms with van der Waals surface area (Å²) in [6.45, 7) is 4.94. The fourth-order valence-electron chi connectivity index (χ4n) is 2.36. The van der Waals surface area contributed by atoms with Crippen LogP contribution in [0.25, 0.3) is 0 Å². The van der Waals surface area contributed by atoms with E-state index in [1.165, 1.54) is 5.56 Å². The number of benzene rings is 1. The Bertz CT molecular complexity index is 424. The van der Waals surface area contributed by atoms with E-state index in [9.17, 15) is 4.79 Å². The Hall–Kier alpha value is -1.39. The molecule has 0 bridgehead atoms. The maximum atomic E-state index is 11.9. The first kappa shape index (κ1) is 16.0. The van der Waals surface area contributed by atoms with Crippen LogP contribution in [0.15, 0.2) is 24.3 Å². The van der Waals surface area contributed by atoms with Gasteiger partial charge in [0, 0.05) is 25.3 Å². The molecule has 1 atom stereocenters. The number of aryl methyl sites for hydroxylation is 1. The summed E-state index contributed by atoms with van der Waals surface area (Å²) in [5.74, 6) is -0.0169. The minimum atomic E-state index is -0.0169. The zero-order valence-corrected chi connectivity index (χ0v) is 12.8. The molecule has 4 heteroatoms. The minimum Gasteiger partial charge on any atom is -0.379 e. The van der Waals surface area contributed by atoms with Crippen molar-refractivity contribution >= 4 is 5.91 Å². The second kappa shape index (κ2) is 8.80. The molecule has 1 aromatic carbocycles. The molecule has 0 aromatic heterocycles. The Balaban J connectivity index is 1.55. The van der Waals surface area contributed by atoms with Crippen LogP contribution in [0.5, 0.6) is 0 Å². The van der Waals surface area contributed by atoms with Crippen molar-refractivity contribution in [1.82, 2.24) is 5.32 Å². The number of carbonyl (C=O) groups is 1. The molecule has 116 valence electrons. The second-order valence-electron chi connectivity index (χ2n) is 5.37. The molecule has 4 nitrogen and oxygen atoms in total. The lowest BCUT2D eigenvalue weighted by atomic mass is 10.1. The summed E-state index contributed by atoms with van der Waals surface area (Å²) in [5.41, 5.74) is 1.96. The Morgan fingerprint density at radius 3 is 2.86 bits per heavy atom. The van der Waals surface area contributed by atoms with Gasteiger partial charge in [0.15, 0.2) is 0 Å². The van der Waals surface area contributed by atoms with Gasteiger partial charge in [-0.1, -0.05) is 19.1 Å². The van der Waals surface area contributed by atoms with Gasteiger partial charge in [-0.15, -0.1) is 0 Å². The molecule has 0 saturated carbocycles. The second-order valence-corrected chi connectivity index (χ2v) is 5.37. The van der Waals surface area contributed by atoms with Crippen molar-refractivity contribution in [2.45, 2.75) is 38.7 Å². The van der Waals surface area contributed by atoms with Crippen molar-refractivity contribution < 1.29 is 14.3 Å². The Morgan fingerprint density at radius 1 is 1.38 bits per heavy atom. The molecule has 1 unspecified atom stereocenters. The lowest BCUT2D eigenvalue weighted by Crippen LogP contribution is -2.25. The predicted molar refractivity (Wildman–Crippen MR) is 82.6 cm³/mol. The highest BCUT2D eigenvalue weighted by Gasteiger charge is 2.14. The van der Waals surface area contributed by atoms with Crippen LogP contribution in [0.2, 0.25) is 0 Å². The van der Waals surface area contributed by atoms with Gasteiger partial charge in [0.1, 0.15) is 0 Å². The third-order valence-electron chi connectivity index (χ3n) is 3.70. The van der Waals surface area contributed by atoms with Crippen molar-refractivity contribution in [3.05, 3.63) is 35.4 Å². The summed E-state index contributed by atoms with van der Waals surface area (Å²) < 4.78 is 11.0. The topological polar surface area (TPSA) is 47.6 Å². The van der Waals surface area contributed by atoms with Crippen molar-refractivity contribution in [2.24, 2.45) is 0 Å². The van der Waals surface area contributed by atoms with Gasteiger partial charge in [0.2, 0.25) is 0 Å². The Kier molecular flexibility index (Phi) is 6.70. The van der Waals surface area contributed by atoms with E-state index in [1.54, 1.807) is 0 Å². The Labute approximate surface area is 126 Å². The lowest BCUT2D eigenvalue weighted by molar-refractivity contribution is 0.0166. The van der Waals surface area contributed by atoms with Crippen molar-refractivity contribution in [3.63, 3.8) is 0 Å². The third kappa shape index (κ3) is 5.48. The van der Waals surface area contributed by atoms with E-state index >= 15 is 0 Å². The van der Waals surface area contributed by atoms with Crippen LogP contribution >= 0.6 is 0 Å². The van der Waals surface area contributed by atoms with Gasteiger partial charge >= 0.3 is 0 Å². The summed E-state index contributed by atoms with van der Waals surface area (Å²) in [4.78, 5) is 11.9. The fraction of sp³-hybridized carbons (Fsp3) is 0.588. The molecule has 0 aliphatic carbocycles. The van der Waals surface area contributed by atoms with E-state index in [4.69, 9.17) is 9.47 Å². The summed E-state index contributed by atoms with van der Waals surface area (Å²) in [6, 6.07) is 7.75. The average molecular weight is 291 g/mol. The highest BCUT2D eigenvalue weighted by molar-refractivity contribution is 5.94. The first-order valence-corrected chi connectivity index (χ1v) is 7.86. The molecule has 1 aromatic rings. The van der Waals surface area contributed by atoms with E-state index < -0.39 is 0 Å². The average Bonchev–Trinajstić information content (AvgIpc) is 3.04. The molecule has 21 heavy (non-hydrogen) atoms. The smallest absolute Gasteiger partial charge is 0.251 e. The summed E-state index contributed by atoms with van der Waals surface area (Å²) in [5, 5.41) is 2.91. The summed E-state index contributed by atoms with van der Waals surface area (Å²) >= 11 is 0. The van der Waals surface area contributed by atoms with E-state index in [0.29, 0.717) is 25.3 Å². The van der Waals surface area contributed by atoms with Gasteiger partial charge in [-0.05, 0) is 43.4 Å². The van der Waals surface area contributed by atoms with Gasteiger partial charge in [-0.3, -0.25) is 4.79 Å². The number of amides is 1. The van der Waals surface area contributed by atoms with E-state index in [1.807, 2.05) is 24.3 Å². The number of hydrogen-bond donors (Lipinski definition) is 1. The zero-order chi connectivity index (χ0) is 14.9. The number of carbonyl (C=O) groups excluding carboxylic acids is 1. The van der Waals surface area contributed by atoms with Crippen LogP contribution in [0.4, 0.5) is 0 Å². The summed E-state index contributed by atoms with van der Waals surface area (Å²) in [7, 11) is 0. The van der Waals surface area contributed by atoms with Gasteiger partial charge in [0.05, 0.1) is 12.7 Å². The van der Waals surface area contributed by atoms with Crippen molar-refractivity contribution in [1.29, 1.82) is 0 Å². The number of rotatable bonds is 8. The minimum absolute atomic E-state index is 0.0169. The summed E-state index contributed by atoms with van der Waals surface area (Å²) in [6.07, 6.45) is 4.33. The zero-order valence-electron chi connectivity index (χ0n) is 12.8. The van der Waals surface area contributed by atoms with Crippen LogP contribution in [0.1, 0.15) is 42.1 Å². The normalized spacial score (nSPS) is 17.9. The highest BCUT2D eigenvalue weighted by atomic mass is 16.5. The maximum Gasteiger partial charge on any atom is 0.251 e. The molecule has 1 aliphatic rings. The first-order chi connectivity index (χ1) is 10.3. The van der Waals surface area contributed by atoms with Crippen LogP contribution in [0.3, 0.4) is 0 Å². The van der Waals surface area contributed by atoms with Crippen LogP contribution in [-0.4, -0.2) is 38.4 Å². The molecule has 1 aliphatic heterocycles. The van der Waals surface area contributed by atoms with Gasteiger partial charge in [-0.2, -0.15) is 0 Å².